The number of hydrogen-bond acceptors (Lipinski definition) is 2. The topological polar surface area (TPSA) is 18.5 Å². The van der Waals surface area contributed by atoms with Gasteiger partial charge in [0.15, 0.2) is 6.29 Å². The third-order valence-electron chi connectivity index (χ3n) is 4.49. The van der Waals surface area contributed by atoms with E-state index in [1.54, 1.807) is 0 Å². The molecule has 0 aromatic heterocycles. The highest BCUT2D eigenvalue weighted by Crippen LogP contribution is 2.39. The smallest absolute Gasteiger partial charge is 0.353 e. The Morgan fingerprint density at radius 1 is 0.760 bits per heavy atom. The first-order chi connectivity index (χ1) is 11.8. The fourth-order valence-electron chi connectivity index (χ4n) is 2.90. The van der Waals surface area contributed by atoms with Crippen molar-refractivity contribution in [1.82, 2.24) is 0 Å². The second-order valence-corrected chi connectivity index (χ2v) is 6.80. The summed E-state index contributed by atoms with van der Waals surface area (Å²) in [6.07, 6.45) is 4.09. The molecule has 0 bridgehead atoms. The van der Waals surface area contributed by atoms with Crippen LogP contribution in [-0.4, -0.2) is 31.6 Å². The van der Waals surface area contributed by atoms with E-state index >= 15 is 0 Å². The number of halogens is 5. The molecule has 1 atom stereocenters. The lowest BCUT2D eigenvalue weighted by Crippen LogP contribution is -2.36. The molecule has 7 heteroatoms. The molecular weight excluding hydrogens is 343 g/mol. The third kappa shape index (κ3) is 10.3. The molecule has 1 unspecified atom stereocenters. The summed E-state index contributed by atoms with van der Waals surface area (Å²) in [4.78, 5) is 0. The Morgan fingerprint density at radius 2 is 1.28 bits per heavy atom. The summed E-state index contributed by atoms with van der Waals surface area (Å²) in [6.45, 7) is 1.54. The van der Waals surface area contributed by atoms with E-state index in [1.807, 2.05) is 0 Å². The van der Waals surface area contributed by atoms with Crippen molar-refractivity contribution in [3.63, 3.8) is 0 Å². The van der Waals surface area contributed by atoms with E-state index in [-0.39, 0.29) is 12.7 Å². The molecule has 2 nitrogen and oxygen atoms in total. The van der Waals surface area contributed by atoms with Gasteiger partial charge in [-0.15, -0.1) is 0 Å². The van der Waals surface area contributed by atoms with Crippen molar-refractivity contribution >= 4 is 0 Å². The average molecular weight is 374 g/mol. The van der Waals surface area contributed by atoms with Crippen LogP contribution in [0.25, 0.3) is 0 Å². The number of hydrogen-bond donors (Lipinski definition) is 0. The summed E-state index contributed by atoms with van der Waals surface area (Å²) in [5.41, 5.74) is 0. The predicted octanol–water partition coefficient (Wildman–Crippen LogP) is 6.63. The zero-order chi connectivity index (χ0) is 18.6. The molecule has 0 radical (unpaired) electrons. The molecule has 1 aliphatic heterocycles. The number of rotatable bonds is 14. The highest BCUT2D eigenvalue weighted by Gasteiger charge is 2.56. The van der Waals surface area contributed by atoms with Crippen molar-refractivity contribution in [1.29, 1.82) is 0 Å². The molecule has 150 valence electrons. The predicted molar refractivity (Wildman–Crippen MR) is 86.7 cm³/mol. The van der Waals surface area contributed by atoms with Crippen LogP contribution in [0.15, 0.2) is 0 Å². The Bertz CT molecular complexity index is 328. The van der Waals surface area contributed by atoms with Gasteiger partial charge in [0.2, 0.25) is 0 Å². The molecule has 0 amide bonds. The van der Waals surface area contributed by atoms with Crippen LogP contribution in [0.2, 0.25) is 0 Å². The van der Waals surface area contributed by atoms with Gasteiger partial charge in [-0.2, -0.15) is 22.0 Å². The summed E-state index contributed by atoms with van der Waals surface area (Å²) >= 11 is 0. The van der Waals surface area contributed by atoms with Crippen molar-refractivity contribution in [3.8, 4) is 0 Å². The van der Waals surface area contributed by atoms with E-state index in [2.05, 4.69) is 0 Å². The first-order valence-electron chi connectivity index (χ1n) is 9.51. The van der Waals surface area contributed by atoms with Gasteiger partial charge in [0, 0.05) is 26.1 Å². The summed E-state index contributed by atoms with van der Waals surface area (Å²) in [5.74, 6) is -4.54. The van der Waals surface area contributed by atoms with E-state index in [0.29, 0.717) is 6.42 Å². The van der Waals surface area contributed by atoms with E-state index in [9.17, 15) is 22.0 Å². The molecular formula is C18H31F5O2. The maximum atomic E-state index is 12.7. The maximum Gasteiger partial charge on any atom is 0.453 e. The largest absolute Gasteiger partial charge is 0.453 e. The summed E-state index contributed by atoms with van der Waals surface area (Å²) < 4.78 is 72.2. The molecule has 0 saturated carbocycles. The Balaban J connectivity index is 1.78. The van der Waals surface area contributed by atoms with Crippen molar-refractivity contribution in [2.45, 2.75) is 102 Å². The molecule has 0 aromatic rings. The van der Waals surface area contributed by atoms with Gasteiger partial charge in [-0.3, -0.25) is 0 Å². The quantitative estimate of drug-likeness (QED) is 0.251. The van der Waals surface area contributed by atoms with Crippen LogP contribution in [0.3, 0.4) is 0 Å². The normalized spacial score (nSPS) is 18.8. The minimum Gasteiger partial charge on any atom is -0.353 e. The molecule has 0 aromatic carbocycles. The van der Waals surface area contributed by atoms with Crippen LogP contribution in [0, 0.1) is 0 Å². The molecule has 1 aliphatic rings. The number of ether oxygens (including phenoxy) is 2. The fraction of sp³-hybridized carbons (Fsp3) is 1.00. The van der Waals surface area contributed by atoms with E-state index in [0.717, 1.165) is 77.4 Å². The van der Waals surface area contributed by atoms with Gasteiger partial charge in [-0.1, -0.05) is 51.4 Å². The summed E-state index contributed by atoms with van der Waals surface area (Å²) in [7, 11) is 0. The van der Waals surface area contributed by atoms with Gasteiger partial charge in [0.05, 0.1) is 0 Å². The Hall–Kier alpha value is -0.430. The molecule has 0 spiro atoms. The Labute approximate surface area is 147 Å². The zero-order valence-corrected chi connectivity index (χ0v) is 14.9. The highest BCUT2D eigenvalue weighted by atomic mass is 19.4. The molecule has 1 rings (SSSR count). The lowest BCUT2D eigenvalue weighted by atomic mass is 10.0. The van der Waals surface area contributed by atoms with Crippen molar-refractivity contribution in [2.75, 3.05) is 13.2 Å². The minimum absolute atomic E-state index is 0.00363. The second-order valence-electron chi connectivity index (χ2n) is 6.80. The van der Waals surface area contributed by atoms with Crippen LogP contribution < -0.4 is 0 Å². The van der Waals surface area contributed by atoms with Gasteiger partial charge < -0.3 is 9.47 Å². The molecule has 0 N–H and O–H groups in total. The number of alkyl halides is 5. The van der Waals surface area contributed by atoms with E-state index < -0.39 is 18.5 Å². The van der Waals surface area contributed by atoms with Gasteiger partial charge in [-0.25, -0.2) is 0 Å². The minimum atomic E-state index is -5.41. The lowest BCUT2D eigenvalue weighted by Gasteiger charge is -2.19. The first-order valence-corrected chi connectivity index (χ1v) is 9.51. The SMILES string of the molecule is FC(F)(F)C(F)(F)CCCCCCCCCCCCOC1CCCO1. The zero-order valence-electron chi connectivity index (χ0n) is 14.9. The third-order valence-corrected chi connectivity index (χ3v) is 4.49. The highest BCUT2D eigenvalue weighted by molar-refractivity contribution is 4.75. The van der Waals surface area contributed by atoms with Crippen LogP contribution in [0.5, 0.6) is 0 Å². The molecule has 1 saturated heterocycles. The second kappa shape index (κ2) is 12.0. The lowest BCUT2D eigenvalue weighted by molar-refractivity contribution is -0.284. The number of unbranched alkanes of at least 4 members (excludes halogenated alkanes) is 9. The van der Waals surface area contributed by atoms with Gasteiger partial charge in [-0.05, 0) is 19.3 Å². The van der Waals surface area contributed by atoms with E-state index in [4.69, 9.17) is 9.47 Å². The van der Waals surface area contributed by atoms with Crippen molar-refractivity contribution < 1.29 is 31.4 Å². The van der Waals surface area contributed by atoms with Crippen molar-refractivity contribution in [3.05, 3.63) is 0 Å². The van der Waals surface area contributed by atoms with Gasteiger partial charge in [0.1, 0.15) is 0 Å². The Morgan fingerprint density at radius 3 is 1.76 bits per heavy atom. The molecule has 25 heavy (non-hydrogen) atoms. The monoisotopic (exact) mass is 374 g/mol. The van der Waals surface area contributed by atoms with Crippen molar-refractivity contribution in [2.24, 2.45) is 0 Å². The average Bonchev–Trinajstić information content (AvgIpc) is 3.04. The molecule has 0 aliphatic carbocycles. The fourth-order valence-corrected chi connectivity index (χ4v) is 2.90. The summed E-state index contributed by atoms with van der Waals surface area (Å²) in [6, 6.07) is 0. The van der Waals surface area contributed by atoms with Crippen LogP contribution in [-0.2, 0) is 9.47 Å². The first kappa shape index (κ1) is 22.6. The summed E-state index contributed by atoms with van der Waals surface area (Å²) in [5, 5.41) is 0. The molecule has 1 heterocycles. The van der Waals surface area contributed by atoms with Gasteiger partial charge in [0.25, 0.3) is 0 Å². The maximum absolute atomic E-state index is 12.7. The van der Waals surface area contributed by atoms with Crippen LogP contribution in [0.1, 0.15) is 83.5 Å². The van der Waals surface area contributed by atoms with Gasteiger partial charge >= 0.3 is 12.1 Å². The Kier molecular flexibility index (Phi) is 10.9. The molecule has 1 fully saturated rings. The van der Waals surface area contributed by atoms with Crippen LogP contribution >= 0.6 is 0 Å². The van der Waals surface area contributed by atoms with Crippen LogP contribution in [0.4, 0.5) is 22.0 Å². The van der Waals surface area contributed by atoms with E-state index in [1.165, 1.54) is 0 Å². The standard InChI is InChI=1S/C18H31F5O2/c19-17(20,18(21,22)23)13-9-7-5-3-1-2-4-6-8-10-14-24-16-12-11-15-25-16/h16H,1-15H2.